The fraction of sp³-hybridized carbons (Fsp3) is 0.444. The standard InChI is InChI=1S/C27H36N4O5S2/c1-30(2)10-5-13-38(35,36)31-11-8-19(9-12-31)25-18-29-27-22(17-26(28)32)14-21(16-24(25)27)20-6-4-7-23(15-20)37(3,33)34/h4,6-7,14-16,18-19,29H,5,8-13,17H2,1-3H3,(H2,28,32). The van der Waals surface area contributed by atoms with Crippen molar-refractivity contribution in [2.24, 2.45) is 5.73 Å². The third-order valence-corrected chi connectivity index (χ3v) is 10.2. The molecule has 0 radical (unpaired) electrons. The van der Waals surface area contributed by atoms with Gasteiger partial charge in [-0.1, -0.05) is 12.1 Å². The number of sulfone groups is 1. The van der Waals surface area contributed by atoms with Gasteiger partial charge in [-0.05, 0) is 92.3 Å². The van der Waals surface area contributed by atoms with Crippen LogP contribution in [-0.2, 0) is 31.1 Å². The van der Waals surface area contributed by atoms with Gasteiger partial charge in [-0.3, -0.25) is 4.79 Å². The summed E-state index contributed by atoms with van der Waals surface area (Å²) >= 11 is 0. The van der Waals surface area contributed by atoms with Crippen molar-refractivity contribution in [3.63, 3.8) is 0 Å². The highest BCUT2D eigenvalue weighted by molar-refractivity contribution is 7.90. The Morgan fingerprint density at radius 2 is 1.79 bits per heavy atom. The Kier molecular flexibility index (Phi) is 8.32. The Labute approximate surface area is 225 Å². The van der Waals surface area contributed by atoms with Gasteiger partial charge in [-0.25, -0.2) is 21.1 Å². The van der Waals surface area contributed by atoms with Crippen molar-refractivity contribution in [3.8, 4) is 11.1 Å². The van der Waals surface area contributed by atoms with Crippen molar-refractivity contribution in [3.05, 3.63) is 53.7 Å². The van der Waals surface area contributed by atoms with Crippen LogP contribution in [0.4, 0.5) is 0 Å². The summed E-state index contributed by atoms with van der Waals surface area (Å²) in [6, 6.07) is 10.6. The summed E-state index contributed by atoms with van der Waals surface area (Å²) in [4.78, 5) is 17.4. The smallest absolute Gasteiger partial charge is 0.221 e. The molecule has 1 saturated heterocycles. The molecule has 206 valence electrons. The average Bonchev–Trinajstić information content (AvgIpc) is 3.27. The number of H-pyrrole nitrogens is 1. The Hall–Kier alpha value is -2.73. The van der Waals surface area contributed by atoms with Crippen molar-refractivity contribution in [1.82, 2.24) is 14.2 Å². The number of carbonyl (C=O) groups is 1. The molecular formula is C27H36N4O5S2. The largest absolute Gasteiger partial charge is 0.369 e. The first-order chi connectivity index (χ1) is 17.8. The zero-order valence-corrected chi connectivity index (χ0v) is 23.7. The Bertz CT molecular complexity index is 1540. The van der Waals surface area contributed by atoms with E-state index in [4.69, 9.17) is 5.73 Å². The lowest BCUT2D eigenvalue weighted by Crippen LogP contribution is -2.39. The van der Waals surface area contributed by atoms with Gasteiger partial charge in [0.25, 0.3) is 0 Å². The summed E-state index contributed by atoms with van der Waals surface area (Å²) in [5, 5.41) is 0.941. The van der Waals surface area contributed by atoms with Gasteiger partial charge in [0.05, 0.1) is 17.1 Å². The van der Waals surface area contributed by atoms with Crippen LogP contribution < -0.4 is 5.73 Å². The molecule has 1 fully saturated rings. The van der Waals surface area contributed by atoms with Crippen LogP contribution in [0.15, 0.2) is 47.5 Å². The van der Waals surface area contributed by atoms with Gasteiger partial charge in [0.1, 0.15) is 0 Å². The second kappa shape index (κ2) is 11.2. The lowest BCUT2D eigenvalue weighted by Gasteiger charge is -2.31. The summed E-state index contributed by atoms with van der Waals surface area (Å²) in [6.45, 7) is 1.66. The van der Waals surface area contributed by atoms with E-state index in [9.17, 15) is 21.6 Å². The predicted molar refractivity (Wildman–Crippen MR) is 150 cm³/mol. The first-order valence-electron chi connectivity index (χ1n) is 12.7. The van der Waals surface area contributed by atoms with E-state index in [0.29, 0.717) is 32.4 Å². The van der Waals surface area contributed by atoms with Crippen LogP contribution in [0.25, 0.3) is 22.0 Å². The average molecular weight is 561 g/mol. The summed E-state index contributed by atoms with van der Waals surface area (Å²) in [5.41, 5.74) is 9.69. The van der Waals surface area contributed by atoms with Crippen LogP contribution in [0.1, 0.15) is 36.3 Å². The van der Waals surface area contributed by atoms with E-state index < -0.39 is 25.8 Å². The zero-order chi connectivity index (χ0) is 27.7. The SMILES string of the molecule is CN(C)CCCS(=O)(=O)N1CCC(c2c[nH]c3c(CC(N)=O)cc(-c4cccc(S(C)(=O)=O)c4)cc23)CC1. The number of aromatic nitrogens is 1. The monoisotopic (exact) mass is 560 g/mol. The Morgan fingerprint density at radius 1 is 1.08 bits per heavy atom. The summed E-state index contributed by atoms with van der Waals surface area (Å²) in [7, 11) is -2.81. The normalized spacial score (nSPS) is 15.9. The molecule has 1 aromatic heterocycles. The molecule has 1 amide bonds. The maximum absolute atomic E-state index is 12.8. The number of amides is 1. The van der Waals surface area contributed by atoms with E-state index in [1.807, 2.05) is 43.4 Å². The van der Waals surface area contributed by atoms with E-state index in [0.717, 1.165) is 39.7 Å². The Morgan fingerprint density at radius 3 is 2.42 bits per heavy atom. The minimum absolute atomic E-state index is 0.0414. The Balaban J connectivity index is 1.64. The number of hydrogen-bond donors (Lipinski definition) is 2. The highest BCUT2D eigenvalue weighted by Crippen LogP contribution is 2.37. The highest BCUT2D eigenvalue weighted by atomic mass is 32.2. The van der Waals surface area contributed by atoms with Crippen LogP contribution in [-0.4, -0.2) is 82.7 Å². The number of fused-ring (bicyclic) bond motifs is 1. The number of hydrogen-bond acceptors (Lipinski definition) is 6. The molecule has 1 aliphatic rings. The molecular weight excluding hydrogens is 524 g/mol. The number of benzene rings is 2. The third-order valence-electron chi connectivity index (χ3n) is 7.16. The molecule has 0 aliphatic carbocycles. The molecule has 1 aliphatic heterocycles. The minimum atomic E-state index is -3.38. The predicted octanol–water partition coefficient (Wildman–Crippen LogP) is 2.73. The number of nitrogens with zero attached hydrogens (tertiary/aromatic N) is 2. The zero-order valence-electron chi connectivity index (χ0n) is 22.1. The van der Waals surface area contributed by atoms with Gasteiger partial charge in [0.2, 0.25) is 15.9 Å². The van der Waals surface area contributed by atoms with Gasteiger partial charge in [0, 0.05) is 36.4 Å². The quantitative estimate of drug-likeness (QED) is 0.392. The molecule has 0 saturated carbocycles. The van der Waals surface area contributed by atoms with Crippen LogP contribution in [0.2, 0.25) is 0 Å². The molecule has 0 unspecified atom stereocenters. The lowest BCUT2D eigenvalue weighted by atomic mass is 9.88. The van der Waals surface area contributed by atoms with Crippen LogP contribution >= 0.6 is 0 Å². The van der Waals surface area contributed by atoms with Crippen LogP contribution in [0.5, 0.6) is 0 Å². The lowest BCUT2D eigenvalue weighted by molar-refractivity contribution is -0.117. The summed E-state index contributed by atoms with van der Waals surface area (Å²) in [5.74, 6) is -0.164. The van der Waals surface area contributed by atoms with E-state index in [2.05, 4.69) is 4.98 Å². The summed E-state index contributed by atoms with van der Waals surface area (Å²) in [6.07, 6.45) is 5.14. The highest BCUT2D eigenvalue weighted by Gasteiger charge is 2.30. The molecule has 3 N–H and O–H groups in total. The number of carbonyl (C=O) groups excluding carboxylic acids is 1. The second-order valence-corrected chi connectivity index (χ2v) is 14.5. The van der Waals surface area contributed by atoms with Gasteiger partial charge in [0.15, 0.2) is 9.84 Å². The van der Waals surface area contributed by atoms with Crippen molar-refractivity contribution in [2.75, 3.05) is 45.7 Å². The minimum Gasteiger partial charge on any atom is -0.369 e. The molecule has 9 nitrogen and oxygen atoms in total. The number of sulfonamides is 1. The van der Waals surface area contributed by atoms with Crippen molar-refractivity contribution < 1.29 is 21.6 Å². The van der Waals surface area contributed by atoms with Crippen LogP contribution in [0, 0.1) is 0 Å². The van der Waals surface area contributed by atoms with Gasteiger partial charge in [-0.2, -0.15) is 0 Å². The maximum atomic E-state index is 12.8. The fourth-order valence-corrected chi connectivity index (χ4v) is 7.39. The molecule has 4 rings (SSSR count). The van der Waals surface area contributed by atoms with Crippen molar-refractivity contribution >= 4 is 36.7 Å². The molecule has 0 bridgehead atoms. The molecule has 2 aromatic carbocycles. The first kappa shape index (κ1) is 28.3. The third kappa shape index (κ3) is 6.45. The number of aromatic amines is 1. The molecule has 11 heteroatoms. The van der Waals surface area contributed by atoms with Crippen molar-refractivity contribution in [1.29, 1.82) is 0 Å². The first-order valence-corrected chi connectivity index (χ1v) is 16.2. The number of rotatable bonds is 10. The fourth-order valence-electron chi connectivity index (χ4n) is 5.20. The molecule has 0 spiro atoms. The van der Waals surface area contributed by atoms with E-state index >= 15 is 0 Å². The van der Waals surface area contributed by atoms with Crippen LogP contribution in [0.3, 0.4) is 0 Å². The topological polar surface area (TPSA) is 134 Å². The summed E-state index contributed by atoms with van der Waals surface area (Å²) < 4.78 is 51.5. The van der Waals surface area contributed by atoms with E-state index in [1.54, 1.807) is 22.5 Å². The molecule has 2 heterocycles. The molecule has 38 heavy (non-hydrogen) atoms. The number of primary amides is 1. The van der Waals surface area contributed by atoms with Crippen molar-refractivity contribution in [2.45, 2.75) is 36.5 Å². The van der Waals surface area contributed by atoms with E-state index in [1.165, 1.54) is 6.26 Å². The van der Waals surface area contributed by atoms with Gasteiger partial charge in [-0.15, -0.1) is 0 Å². The van der Waals surface area contributed by atoms with Gasteiger partial charge >= 0.3 is 0 Å². The molecule has 0 atom stereocenters. The van der Waals surface area contributed by atoms with Gasteiger partial charge < -0.3 is 15.6 Å². The number of nitrogens with one attached hydrogen (secondary N) is 1. The second-order valence-electron chi connectivity index (χ2n) is 10.4. The molecule has 3 aromatic rings. The van der Waals surface area contributed by atoms with E-state index in [-0.39, 0.29) is 23.0 Å². The number of piperidine rings is 1. The maximum Gasteiger partial charge on any atom is 0.221 e. The number of nitrogens with two attached hydrogens (primary N) is 1.